The molecule has 8 heteroatoms. The summed E-state index contributed by atoms with van der Waals surface area (Å²) < 4.78 is 16.9. The molecule has 0 radical (unpaired) electrons. The van der Waals surface area contributed by atoms with Gasteiger partial charge in [-0.05, 0) is 38.3 Å². The van der Waals surface area contributed by atoms with E-state index < -0.39 is 5.97 Å². The highest BCUT2D eigenvalue weighted by atomic mass is 16.5. The average Bonchev–Trinajstić information content (AvgIpc) is 3.12. The number of amides is 1. The molecule has 0 N–H and O–H groups in total. The van der Waals surface area contributed by atoms with Gasteiger partial charge in [0.15, 0.2) is 5.69 Å². The van der Waals surface area contributed by atoms with E-state index in [-0.39, 0.29) is 48.5 Å². The molecule has 1 amide bonds. The van der Waals surface area contributed by atoms with Gasteiger partial charge in [0.1, 0.15) is 0 Å². The van der Waals surface area contributed by atoms with Gasteiger partial charge in [-0.1, -0.05) is 13.5 Å². The first-order chi connectivity index (χ1) is 13.7. The van der Waals surface area contributed by atoms with Gasteiger partial charge >= 0.3 is 11.9 Å². The van der Waals surface area contributed by atoms with Crippen LogP contribution >= 0.6 is 0 Å². The van der Waals surface area contributed by atoms with Crippen LogP contribution in [0, 0.1) is 18.8 Å². The Balaban J connectivity index is 2.54. The summed E-state index contributed by atoms with van der Waals surface area (Å²) >= 11 is 0. The van der Waals surface area contributed by atoms with Crippen molar-refractivity contribution in [3.63, 3.8) is 0 Å². The van der Waals surface area contributed by atoms with Gasteiger partial charge in [-0.3, -0.25) is 9.59 Å². The summed E-state index contributed by atoms with van der Waals surface area (Å²) in [6.45, 7) is 11.6. The molecule has 1 aromatic heterocycles. The molecule has 1 saturated heterocycles. The number of esters is 2. The minimum atomic E-state index is -0.558. The third-order valence-corrected chi connectivity index (χ3v) is 5.47. The highest BCUT2D eigenvalue weighted by Crippen LogP contribution is 2.37. The van der Waals surface area contributed by atoms with Gasteiger partial charge in [0.05, 0.1) is 19.8 Å². The van der Waals surface area contributed by atoms with E-state index >= 15 is 0 Å². The van der Waals surface area contributed by atoms with Crippen molar-refractivity contribution in [2.45, 2.75) is 46.6 Å². The van der Waals surface area contributed by atoms with Crippen molar-refractivity contribution in [1.29, 1.82) is 0 Å². The van der Waals surface area contributed by atoms with E-state index in [0.29, 0.717) is 17.7 Å². The Morgan fingerprint density at radius 2 is 1.97 bits per heavy atom. The fourth-order valence-corrected chi connectivity index (χ4v) is 3.86. The maximum atomic E-state index is 13.1. The normalized spacial score (nSPS) is 20.1. The first kappa shape index (κ1) is 22.7. The predicted octanol–water partition coefficient (Wildman–Crippen LogP) is 2.36. The zero-order chi connectivity index (χ0) is 21.9. The highest BCUT2D eigenvalue weighted by Gasteiger charge is 2.46. The van der Waals surface area contributed by atoms with E-state index in [2.05, 4.69) is 6.58 Å². The number of rotatable bonds is 8. The van der Waals surface area contributed by atoms with Gasteiger partial charge in [0, 0.05) is 37.3 Å². The van der Waals surface area contributed by atoms with E-state index in [1.165, 1.54) is 16.8 Å². The molecular weight excluding hydrogens is 376 g/mol. The van der Waals surface area contributed by atoms with Gasteiger partial charge in [0.25, 0.3) is 0 Å². The maximum absolute atomic E-state index is 13.1. The van der Waals surface area contributed by atoms with Crippen LogP contribution in [0.4, 0.5) is 0 Å². The smallest absolute Gasteiger partial charge is 0.357 e. The van der Waals surface area contributed by atoms with Crippen molar-refractivity contribution in [1.82, 2.24) is 4.68 Å². The average molecular weight is 406 g/mol. The van der Waals surface area contributed by atoms with Crippen LogP contribution in [0.2, 0.25) is 0 Å². The van der Waals surface area contributed by atoms with Crippen LogP contribution in [0.5, 0.6) is 0 Å². The quantitative estimate of drug-likeness (QED) is 0.616. The molecule has 0 aromatic carbocycles. The second-order valence-corrected chi connectivity index (χ2v) is 7.18. The summed E-state index contributed by atoms with van der Waals surface area (Å²) in [7, 11) is 2.91. The summed E-state index contributed by atoms with van der Waals surface area (Å²) in [6, 6.07) is 0. The molecule has 1 aliphatic heterocycles. The van der Waals surface area contributed by atoms with Crippen molar-refractivity contribution in [2.24, 2.45) is 11.8 Å². The Labute approximate surface area is 171 Å². The standard InChI is InChI=1S/C21H30N2O6/c1-8-29-21(26)19-16(9-10-17(24)28-7)12(2)11-22(19)23-14(4)18(15(5)27-6)13(3)20(23)25/h11,13,15,18H,4,8-10H2,1-3,5-7H3/t13-,15+,18-/m1/s1. The summed E-state index contributed by atoms with van der Waals surface area (Å²) in [4.78, 5) is 37.5. The predicted molar refractivity (Wildman–Crippen MR) is 107 cm³/mol. The lowest BCUT2D eigenvalue weighted by Crippen LogP contribution is -2.37. The number of carbonyl (C=O) groups excluding carboxylic acids is 3. The molecule has 1 aliphatic rings. The number of aromatic nitrogens is 1. The Morgan fingerprint density at radius 3 is 2.52 bits per heavy atom. The highest BCUT2D eigenvalue weighted by molar-refractivity contribution is 5.97. The minimum absolute atomic E-state index is 0.113. The van der Waals surface area contributed by atoms with Crippen LogP contribution in [0.25, 0.3) is 0 Å². The molecule has 29 heavy (non-hydrogen) atoms. The lowest BCUT2D eigenvalue weighted by molar-refractivity contribution is -0.140. The molecule has 0 saturated carbocycles. The van der Waals surface area contributed by atoms with Crippen LogP contribution in [0.15, 0.2) is 18.5 Å². The van der Waals surface area contributed by atoms with Gasteiger partial charge in [-0.25, -0.2) is 14.5 Å². The number of methoxy groups -OCH3 is 2. The van der Waals surface area contributed by atoms with E-state index in [1.54, 1.807) is 20.2 Å². The van der Waals surface area contributed by atoms with Crippen molar-refractivity contribution in [3.8, 4) is 0 Å². The van der Waals surface area contributed by atoms with E-state index in [9.17, 15) is 14.4 Å². The fraction of sp³-hybridized carbons (Fsp3) is 0.571. The molecule has 2 rings (SSSR count). The molecular formula is C21H30N2O6. The molecule has 8 nitrogen and oxygen atoms in total. The van der Waals surface area contributed by atoms with Crippen LogP contribution in [-0.4, -0.2) is 49.5 Å². The number of hydrogen-bond acceptors (Lipinski definition) is 6. The summed E-state index contributed by atoms with van der Waals surface area (Å²) in [5.74, 6) is -1.69. The molecule has 3 atom stereocenters. The van der Waals surface area contributed by atoms with Gasteiger partial charge in [-0.2, -0.15) is 0 Å². The summed E-state index contributed by atoms with van der Waals surface area (Å²) in [6.07, 6.45) is 1.89. The molecule has 0 bridgehead atoms. The number of nitrogens with zero attached hydrogens (tertiary/aromatic N) is 2. The van der Waals surface area contributed by atoms with Crippen LogP contribution in [0.3, 0.4) is 0 Å². The minimum Gasteiger partial charge on any atom is -0.469 e. The first-order valence-electron chi connectivity index (χ1n) is 9.70. The fourth-order valence-electron chi connectivity index (χ4n) is 3.86. The number of ether oxygens (including phenoxy) is 3. The van der Waals surface area contributed by atoms with Gasteiger partial charge < -0.3 is 14.2 Å². The Morgan fingerprint density at radius 1 is 1.31 bits per heavy atom. The van der Waals surface area contributed by atoms with Gasteiger partial charge in [-0.15, -0.1) is 0 Å². The number of aryl methyl sites for hydroxylation is 1. The first-order valence-corrected chi connectivity index (χ1v) is 9.70. The number of hydrogen-bond donors (Lipinski definition) is 0. The van der Waals surface area contributed by atoms with Gasteiger partial charge in [0.2, 0.25) is 5.91 Å². The largest absolute Gasteiger partial charge is 0.469 e. The molecule has 2 heterocycles. The summed E-state index contributed by atoms with van der Waals surface area (Å²) in [5, 5.41) is 1.42. The van der Waals surface area contributed by atoms with Crippen molar-refractivity contribution in [3.05, 3.63) is 35.3 Å². The topological polar surface area (TPSA) is 87.1 Å². The maximum Gasteiger partial charge on any atom is 0.357 e. The van der Waals surface area contributed by atoms with E-state index in [4.69, 9.17) is 14.2 Å². The van der Waals surface area contributed by atoms with Crippen molar-refractivity contribution in [2.75, 3.05) is 25.8 Å². The molecule has 0 unspecified atom stereocenters. The van der Waals surface area contributed by atoms with E-state index in [1.807, 2.05) is 20.8 Å². The Hall–Kier alpha value is -2.61. The van der Waals surface area contributed by atoms with Crippen LogP contribution < -0.4 is 5.01 Å². The zero-order valence-electron chi connectivity index (χ0n) is 18.0. The molecule has 0 spiro atoms. The molecule has 160 valence electrons. The second-order valence-electron chi connectivity index (χ2n) is 7.18. The lowest BCUT2D eigenvalue weighted by Gasteiger charge is -2.25. The third-order valence-electron chi connectivity index (χ3n) is 5.47. The lowest BCUT2D eigenvalue weighted by atomic mass is 9.91. The number of carbonyl (C=O) groups is 3. The molecule has 1 fully saturated rings. The van der Waals surface area contributed by atoms with E-state index in [0.717, 1.165) is 5.56 Å². The molecule has 0 aliphatic carbocycles. The SMILES string of the molecule is C=C1[C@H]([C@H](C)OC)[C@@H](C)C(=O)N1n1cc(C)c(CCC(=O)OC)c1C(=O)OCC. The Kier molecular flexibility index (Phi) is 7.24. The second kappa shape index (κ2) is 9.26. The molecule has 1 aromatic rings. The monoisotopic (exact) mass is 406 g/mol. The van der Waals surface area contributed by atoms with Crippen molar-refractivity contribution < 1.29 is 28.6 Å². The third kappa shape index (κ3) is 4.22. The Bertz CT molecular complexity index is 812. The van der Waals surface area contributed by atoms with Crippen molar-refractivity contribution >= 4 is 17.8 Å². The zero-order valence-corrected chi connectivity index (χ0v) is 18.0. The van der Waals surface area contributed by atoms with Crippen LogP contribution in [0.1, 0.15) is 48.8 Å². The van der Waals surface area contributed by atoms with Crippen LogP contribution in [-0.2, 0) is 30.2 Å². The summed E-state index contributed by atoms with van der Waals surface area (Å²) in [5.41, 5.74) is 2.19.